The fraction of sp³-hybridized carbons (Fsp3) is 0.500. The van der Waals surface area contributed by atoms with E-state index in [1.807, 2.05) is 37.3 Å². The first-order chi connectivity index (χ1) is 8.20. The molecule has 1 fully saturated rings. The lowest BCUT2D eigenvalue weighted by molar-refractivity contribution is -0.129. The number of likely N-dealkylation sites (N-methyl/N-ethyl adjacent to an activating group) is 1. The number of carbonyl (C=O) groups excluding carboxylic acids is 1. The Balaban J connectivity index is 2.05. The third-order valence-corrected chi connectivity index (χ3v) is 2.97. The average molecular weight is 234 g/mol. The Bertz CT molecular complexity index is 390. The highest BCUT2D eigenvalue weighted by Gasteiger charge is 2.21. The van der Waals surface area contributed by atoms with Gasteiger partial charge in [0.2, 0.25) is 5.91 Å². The van der Waals surface area contributed by atoms with E-state index in [9.17, 15) is 4.79 Å². The third kappa shape index (κ3) is 2.74. The van der Waals surface area contributed by atoms with Gasteiger partial charge in [-0.25, -0.2) is 4.98 Å². The van der Waals surface area contributed by atoms with Gasteiger partial charge in [-0.2, -0.15) is 0 Å². The van der Waals surface area contributed by atoms with Crippen LogP contribution in [0.15, 0.2) is 18.3 Å². The lowest BCUT2D eigenvalue weighted by Crippen LogP contribution is -2.48. The molecule has 0 atom stereocenters. The van der Waals surface area contributed by atoms with Gasteiger partial charge in [-0.15, -0.1) is 0 Å². The molecule has 5 nitrogen and oxygen atoms in total. The summed E-state index contributed by atoms with van der Waals surface area (Å²) in [5, 5.41) is 3.08. The van der Waals surface area contributed by atoms with Crippen molar-refractivity contribution in [2.75, 3.05) is 38.6 Å². The van der Waals surface area contributed by atoms with Crippen LogP contribution in [0.5, 0.6) is 0 Å². The van der Waals surface area contributed by atoms with Gasteiger partial charge in [0.25, 0.3) is 0 Å². The standard InChI is InChI=1S/C12H18N4O/c1-13-7-10-3-4-11(14-8-10)16-6-5-15(2)12(17)9-16/h3-4,8,13H,5-7,9H2,1-2H3. The highest BCUT2D eigenvalue weighted by molar-refractivity contribution is 5.82. The van der Waals surface area contributed by atoms with E-state index in [1.165, 1.54) is 0 Å². The van der Waals surface area contributed by atoms with E-state index in [2.05, 4.69) is 10.3 Å². The first-order valence-corrected chi connectivity index (χ1v) is 5.79. The molecule has 1 N–H and O–H groups in total. The molecule has 0 radical (unpaired) electrons. The fourth-order valence-corrected chi connectivity index (χ4v) is 1.87. The van der Waals surface area contributed by atoms with Gasteiger partial charge in [0.1, 0.15) is 5.82 Å². The van der Waals surface area contributed by atoms with E-state index in [4.69, 9.17) is 0 Å². The zero-order chi connectivity index (χ0) is 12.3. The zero-order valence-corrected chi connectivity index (χ0v) is 10.3. The van der Waals surface area contributed by atoms with Crippen molar-refractivity contribution in [3.8, 4) is 0 Å². The van der Waals surface area contributed by atoms with Crippen LogP contribution in [0.3, 0.4) is 0 Å². The monoisotopic (exact) mass is 234 g/mol. The summed E-state index contributed by atoms with van der Waals surface area (Å²) in [5.41, 5.74) is 1.15. The number of amides is 1. The molecule has 0 unspecified atom stereocenters. The summed E-state index contributed by atoms with van der Waals surface area (Å²) in [7, 11) is 3.75. The van der Waals surface area contributed by atoms with Crippen LogP contribution < -0.4 is 10.2 Å². The van der Waals surface area contributed by atoms with Gasteiger partial charge in [0, 0.05) is 32.9 Å². The smallest absolute Gasteiger partial charge is 0.241 e. The van der Waals surface area contributed by atoms with Crippen LogP contribution in [0.4, 0.5) is 5.82 Å². The minimum Gasteiger partial charge on any atom is -0.346 e. The summed E-state index contributed by atoms with van der Waals surface area (Å²) in [4.78, 5) is 19.8. The molecule has 1 saturated heterocycles. The van der Waals surface area contributed by atoms with Crippen LogP contribution in [-0.4, -0.2) is 49.5 Å². The van der Waals surface area contributed by atoms with Crippen LogP contribution >= 0.6 is 0 Å². The van der Waals surface area contributed by atoms with Gasteiger partial charge in [0.15, 0.2) is 0 Å². The van der Waals surface area contributed by atoms with Crippen molar-refractivity contribution in [3.63, 3.8) is 0 Å². The number of piperazine rings is 1. The van der Waals surface area contributed by atoms with Gasteiger partial charge in [-0.05, 0) is 18.7 Å². The zero-order valence-electron chi connectivity index (χ0n) is 10.3. The van der Waals surface area contributed by atoms with E-state index in [0.29, 0.717) is 6.54 Å². The topological polar surface area (TPSA) is 48.5 Å². The average Bonchev–Trinajstić information content (AvgIpc) is 2.34. The molecule has 0 aliphatic carbocycles. The number of nitrogens with zero attached hydrogens (tertiary/aromatic N) is 3. The van der Waals surface area contributed by atoms with Crippen molar-refractivity contribution in [3.05, 3.63) is 23.9 Å². The molecule has 0 bridgehead atoms. The van der Waals surface area contributed by atoms with Crippen LogP contribution in [0.1, 0.15) is 5.56 Å². The predicted octanol–water partition coefficient (Wildman–Crippen LogP) is 0.0794. The molecule has 1 aliphatic heterocycles. The number of hydrogen-bond donors (Lipinski definition) is 1. The van der Waals surface area contributed by atoms with Gasteiger partial charge in [0.05, 0.1) is 6.54 Å². The third-order valence-electron chi connectivity index (χ3n) is 2.97. The van der Waals surface area contributed by atoms with Gasteiger partial charge >= 0.3 is 0 Å². The number of rotatable bonds is 3. The van der Waals surface area contributed by atoms with Crippen LogP contribution in [-0.2, 0) is 11.3 Å². The maximum atomic E-state index is 11.6. The van der Waals surface area contributed by atoms with Gasteiger partial charge < -0.3 is 15.1 Å². The van der Waals surface area contributed by atoms with Crippen molar-refractivity contribution in [1.82, 2.24) is 15.2 Å². The molecule has 17 heavy (non-hydrogen) atoms. The van der Waals surface area contributed by atoms with Crippen LogP contribution in [0.25, 0.3) is 0 Å². The summed E-state index contributed by atoms with van der Waals surface area (Å²) in [6.07, 6.45) is 1.86. The first kappa shape index (κ1) is 11.9. The summed E-state index contributed by atoms with van der Waals surface area (Å²) in [6, 6.07) is 4.02. The summed E-state index contributed by atoms with van der Waals surface area (Å²) < 4.78 is 0. The Labute approximate surface area is 101 Å². The van der Waals surface area contributed by atoms with E-state index < -0.39 is 0 Å². The lowest BCUT2D eigenvalue weighted by atomic mass is 10.2. The molecule has 2 heterocycles. The predicted molar refractivity (Wildman–Crippen MR) is 66.9 cm³/mol. The number of anilines is 1. The molecule has 0 spiro atoms. The number of nitrogens with one attached hydrogen (secondary N) is 1. The molecule has 2 rings (SSSR count). The number of carbonyl (C=O) groups is 1. The number of pyridine rings is 1. The van der Waals surface area contributed by atoms with Gasteiger partial charge in [-0.3, -0.25) is 4.79 Å². The Kier molecular flexibility index (Phi) is 3.58. The van der Waals surface area contributed by atoms with E-state index >= 15 is 0 Å². The van der Waals surface area contributed by atoms with Crippen LogP contribution in [0, 0.1) is 0 Å². The molecule has 0 aromatic carbocycles. The van der Waals surface area contributed by atoms with Gasteiger partial charge in [-0.1, -0.05) is 6.07 Å². The van der Waals surface area contributed by atoms with Crippen LogP contribution in [0.2, 0.25) is 0 Å². The summed E-state index contributed by atoms with van der Waals surface area (Å²) in [6.45, 7) is 2.85. The normalized spacial score (nSPS) is 16.5. The van der Waals surface area contributed by atoms with Crippen molar-refractivity contribution in [1.29, 1.82) is 0 Å². The van der Waals surface area contributed by atoms with Crippen molar-refractivity contribution in [2.45, 2.75) is 6.54 Å². The number of hydrogen-bond acceptors (Lipinski definition) is 4. The summed E-state index contributed by atoms with van der Waals surface area (Å²) in [5.74, 6) is 1.03. The highest BCUT2D eigenvalue weighted by Crippen LogP contribution is 2.13. The molecule has 0 saturated carbocycles. The molecule has 1 aliphatic rings. The Morgan fingerprint density at radius 2 is 2.24 bits per heavy atom. The molecular formula is C12H18N4O. The van der Waals surface area contributed by atoms with E-state index in [0.717, 1.165) is 31.0 Å². The second-order valence-corrected chi connectivity index (χ2v) is 4.29. The highest BCUT2D eigenvalue weighted by atomic mass is 16.2. The second-order valence-electron chi connectivity index (χ2n) is 4.29. The lowest BCUT2D eigenvalue weighted by Gasteiger charge is -2.32. The minimum atomic E-state index is 0.150. The Morgan fingerprint density at radius 1 is 1.41 bits per heavy atom. The first-order valence-electron chi connectivity index (χ1n) is 5.79. The largest absolute Gasteiger partial charge is 0.346 e. The van der Waals surface area contributed by atoms with E-state index in [1.54, 1.807) is 4.90 Å². The molecule has 92 valence electrons. The molecular weight excluding hydrogens is 216 g/mol. The fourth-order valence-electron chi connectivity index (χ4n) is 1.87. The summed E-state index contributed by atoms with van der Waals surface area (Å²) >= 11 is 0. The minimum absolute atomic E-state index is 0.150. The number of aromatic nitrogens is 1. The molecule has 1 aromatic heterocycles. The maximum Gasteiger partial charge on any atom is 0.241 e. The molecule has 1 aromatic rings. The Morgan fingerprint density at radius 3 is 2.82 bits per heavy atom. The van der Waals surface area contributed by atoms with Crippen molar-refractivity contribution in [2.24, 2.45) is 0 Å². The Hall–Kier alpha value is -1.62. The van der Waals surface area contributed by atoms with Crippen molar-refractivity contribution < 1.29 is 4.79 Å². The maximum absolute atomic E-state index is 11.6. The van der Waals surface area contributed by atoms with E-state index in [-0.39, 0.29) is 5.91 Å². The molecule has 5 heteroatoms. The quantitative estimate of drug-likeness (QED) is 0.804. The SMILES string of the molecule is CNCc1ccc(N2CCN(C)C(=O)C2)nc1. The van der Waals surface area contributed by atoms with Crippen molar-refractivity contribution >= 4 is 11.7 Å². The molecule has 1 amide bonds. The second kappa shape index (κ2) is 5.14.